The van der Waals surface area contributed by atoms with E-state index in [4.69, 9.17) is 28.2 Å². The first-order chi connectivity index (χ1) is 12.5. The fraction of sp³-hybridized carbons (Fsp3) is 0.300. The van der Waals surface area contributed by atoms with E-state index in [1.54, 1.807) is 17.0 Å². The maximum Gasteiger partial charge on any atom is 0.242 e. The van der Waals surface area contributed by atoms with Gasteiger partial charge in [-0.1, -0.05) is 48.7 Å². The molecular formula is C20H21Cl2N3O. The normalized spacial score (nSPS) is 11.1. The summed E-state index contributed by atoms with van der Waals surface area (Å²) in [6, 6.07) is 13.1. The molecule has 0 bridgehead atoms. The van der Waals surface area contributed by atoms with E-state index in [1.807, 2.05) is 41.9 Å². The lowest BCUT2D eigenvalue weighted by Gasteiger charge is -2.18. The standard InChI is InChI=1S/C20H21Cl2N3O/c1-3-4-11-24(2)19(26)13-25-18-8-6-5-7-17(18)23-20(25)15-10-9-14(21)12-16(15)22/h5-10,12H,3-4,11,13H2,1-2H3. The Morgan fingerprint density at radius 2 is 1.96 bits per heavy atom. The molecule has 0 saturated heterocycles. The lowest BCUT2D eigenvalue weighted by Crippen LogP contribution is -2.31. The van der Waals surface area contributed by atoms with Gasteiger partial charge in [-0.3, -0.25) is 4.79 Å². The number of imidazole rings is 1. The summed E-state index contributed by atoms with van der Waals surface area (Å²) in [5, 5.41) is 1.08. The van der Waals surface area contributed by atoms with Gasteiger partial charge in [-0.2, -0.15) is 0 Å². The molecular weight excluding hydrogens is 369 g/mol. The van der Waals surface area contributed by atoms with Crippen LogP contribution in [0.5, 0.6) is 0 Å². The Morgan fingerprint density at radius 1 is 1.19 bits per heavy atom. The van der Waals surface area contributed by atoms with Crippen LogP contribution in [0.1, 0.15) is 19.8 Å². The minimum Gasteiger partial charge on any atom is -0.344 e. The van der Waals surface area contributed by atoms with Crippen LogP contribution >= 0.6 is 23.2 Å². The third-order valence-electron chi connectivity index (χ3n) is 4.39. The van der Waals surface area contributed by atoms with Gasteiger partial charge in [0, 0.05) is 24.2 Å². The number of carbonyl (C=O) groups is 1. The van der Waals surface area contributed by atoms with Crippen molar-refractivity contribution >= 4 is 40.1 Å². The van der Waals surface area contributed by atoms with Gasteiger partial charge in [-0.15, -0.1) is 0 Å². The highest BCUT2D eigenvalue weighted by atomic mass is 35.5. The second-order valence-electron chi connectivity index (χ2n) is 6.30. The van der Waals surface area contributed by atoms with Crippen LogP contribution < -0.4 is 0 Å². The molecule has 136 valence electrons. The molecule has 4 nitrogen and oxygen atoms in total. The highest BCUT2D eigenvalue weighted by Gasteiger charge is 2.18. The second-order valence-corrected chi connectivity index (χ2v) is 7.15. The van der Waals surface area contributed by atoms with Crippen molar-refractivity contribution in [1.29, 1.82) is 0 Å². The Labute approximate surface area is 163 Å². The number of benzene rings is 2. The quantitative estimate of drug-likeness (QED) is 0.575. The highest BCUT2D eigenvalue weighted by Crippen LogP contribution is 2.32. The minimum atomic E-state index is 0.0490. The Hall–Kier alpha value is -2.04. The molecule has 0 aliphatic rings. The van der Waals surface area contributed by atoms with Crippen LogP contribution in [-0.4, -0.2) is 34.0 Å². The number of hydrogen-bond acceptors (Lipinski definition) is 2. The Bertz CT molecular complexity index is 936. The first-order valence-corrected chi connectivity index (χ1v) is 9.41. The molecule has 26 heavy (non-hydrogen) atoms. The zero-order valence-corrected chi connectivity index (χ0v) is 16.4. The molecule has 6 heteroatoms. The van der Waals surface area contributed by atoms with Crippen molar-refractivity contribution in [3.05, 3.63) is 52.5 Å². The number of amides is 1. The summed E-state index contributed by atoms with van der Waals surface area (Å²) in [7, 11) is 1.84. The molecule has 0 unspecified atom stereocenters. The van der Waals surface area contributed by atoms with Crippen LogP contribution in [0.15, 0.2) is 42.5 Å². The zero-order chi connectivity index (χ0) is 18.7. The topological polar surface area (TPSA) is 38.1 Å². The Kier molecular flexibility index (Phi) is 5.84. The van der Waals surface area contributed by atoms with Crippen LogP contribution in [0.4, 0.5) is 0 Å². The molecule has 3 rings (SSSR count). The van der Waals surface area contributed by atoms with Crippen LogP contribution in [0.25, 0.3) is 22.4 Å². The largest absolute Gasteiger partial charge is 0.344 e. The van der Waals surface area contributed by atoms with Gasteiger partial charge in [0.1, 0.15) is 12.4 Å². The maximum absolute atomic E-state index is 12.7. The molecule has 0 spiro atoms. The number of likely N-dealkylation sites (N-methyl/N-ethyl adjacent to an activating group) is 1. The minimum absolute atomic E-state index is 0.0490. The highest BCUT2D eigenvalue weighted by molar-refractivity contribution is 6.36. The van der Waals surface area contributed by atoms with Gasteiger partial charge in [0.25, 0.3) is 0 Å². The van der Waals surface area contributed by atoms with Gasteiger partial charge in [0.2, 0.25) is 5.91 Å². The SMILES string of the molecule is CCCCN(C)C(=O)Cn1c(-c2ccc(Cl)cc2Cl)nc2ccccc21. The van der Waals surface area contributed by atoms with Gasteiger partial charge in [0.05, 0.1) is 16.1 Å². The number of carbonyl (C=O) groups excluding carboxylic acids is 1. The van der Waals surface area contributed by atoms with Crippen molar-refractivity contribution in [3.63, 3.8) is 0 Å². The number of unbranched alkanes of at least 4 members (excludes halogenated alkanes) is 1. The summed E-state index contributed by atoms with van der Waals surface area (Å²) < 4.78 is 1.93. The van der Waals surface area contributed by atoms with E-state index >= 15 is 0 Å². The van der Waals surface area contributed by atoms with Gasteiger partial charge in [-0.25, -0.2) is 4.98 Å². The smallest absolute Gasteiger partial charge is 0.242 e. The van der Waals surface area contributed by atoms with Gasteiger partial charge >= 0.3 is 0 Å². The predicted molar refractivity (Wildman–Crippen MR) is 108 cm³/mol. The molecule has 1 aromatic heterocycles. The number of hydrogen-bond donors (Lipinski definition) is 0. The molecule has 3 aromatic rings. The molecule has 0 radical (unpaired) electrons. The lowest BCUT2D eigenvalue weighted by molar-refractivity contribution is -0.130. The molecule has 0 aliphatic carbocycles. The van der Waals surface area contributed by atoms with Crippen molar-refractivity contribution in [2.45, 2.75) is 26.3 Å². The number of rotatable bonds is 6. The number of nitrogens with zero attached hydrogens (tertiary/aromatic N) is 3. The van der Waals surface area contributed by atoms with E-state index in [0.29, 0.717) is 15.9 Å². The fourth-order valence-electron chi connectivity index (χ4n) is 2.89. The van der Waals surface area contributed by atoms with Crippen LogP contribution in [-0.2, 0) is 11.3 Å². The van der Waals surface area contributed by atoms with Crippen molar-refractivity contribution in [1.82, 2.24) is 14.5 Å². The average Bonchev–Trinajstić information content (AvgIpc) is 2.98. The summed E-state index contributed by atoms with van der Waals surface area (Å²) in [6.45, 7) is 3.08. The Morgan fingerprint density at radius 3 is 2.69 bits per heavy atom. The first kappa shape index (κ1) is 18.7. The zero-order valence-electron chi connectivity index (χ0n) is 14.9. The van der Waals surface area contributed by atoms with E-state index in [1.165, 1.54) is 0 Å². The van der Waals surface area contributed by atoms with E-state index < -0.39 is 0 Å². The third-order valence-corrected chi connectivity index (χ3v) is 4.94. The molecule has 0 atom stereocenters. The molecule has 1 heterocycles. The molecule has 1 amide bonds. The fourth-order valence-corrected chi connectivity index (χ4v) is 3.38. The molecule has 0 fully saturated rings. The van der Waals surface area contributed by atoms with Gasteiger partial charge in [0.15, 0.2) is 0 Å². The van der Waals surface area contributed by atoms with Crippen molar-refractivity contribution in [3.8, 4) is 11.4 Å². The number of para-hydroxylation sites is 2. The Balaban J connectivity index is 2.04. The molecule has 2 aromatic carbocycles. The number of aromatic nitrogens is 2. The predicted octanol–water partition coefficient (Wildman–Crippen LogP) is 5.27. The molecule has 0 saturated carbocycles. The van der Waals surface area contributed by atoms with Gasteiger partial charge in [-0.05, 0) is 36.8 Å². The molecule has 0 N–H and O–H groups in total. The van der Waals surface area contributed by atoms with Crippen LogP contribution in [0, 0.1) is 0 Å². The third kappa shape index (κ3) is 3.87. The average molecular weight is 390 g/mol. The number of halogens is 2. The van der Waals surface area contributed by atoms with E-state index in [2.05, 4.69) is 6.92 Å². The summed E-state index contributed by atoms with van der Waals surface area (Å²) in [5.41, 5.74) is 2.50. The summed E-state index contributed by atoms with van der Waals surface area (Å²) in [6.07, 6.45) is 2.04. The van der Waals surface area contributed by atoms with E-state index in [-0.39, 0.29) is 12.5 Å². The molecule has 0 aliphatic heterocycles. The van der Waals surface area contributed by atoms with Crippen molar-refractivity contribution < 1.29 is 4.79 Å². The van der Waals surface area contributed by atoms with Crippen LogP contribution in [0.3, 0.4) is 0 Å². The summed E-state index contributed by atoms with van der Waals surface area (Å²) in [5.74, 6) is 0.720. The summed E-state index contributed by atoms with van der Waals surface area (Å²) in [4.78, 5) is 19.2. The lowest BCUT2D eigenvalue weighted by atomic mass is 10.2. The maximum atomic E-state index is 12.7. The van der Waals surface area contributed by atoms with Crippen LogP contribution in [0.2, 0.25) is 10.0 Å². The monoisotopic (exact) mass is 389 g/mol. The number of fused-ring (bicyclic) bond motifs is 1. The summed E-state index contributed by atoms with van der Waals surface area (Å²) >= 11 is 12.4. The van der Waals surface area contributed by atoms with Crippen molar-refractivity contribution in [2.24, 2.45) is 0 Å². The van der Waals surface area contributed by atoms with E-state index in [0.717, 1.165) is 36.0 Å². The van der Waals surface area contributed by atoms with Gasteiger partial charge < -0.3 is 9.47 Å². The van der Waals surface area contributed by atoms with E-state index in [9.17, 15) is 4.79 Å². The second kappa shape index (κ2) is 8.11. The first-order valence-electron chi connectivity index (χ1n) is 8.66. The van der Waals surface area contributed by atoms with Crippen molar-refractivity contribution in [2.75, 3.05) is 13.6 Å².